The zero-order valence-corrected chi connectivity index (χ0v) is 12.0. The molecule has 0 aliphatic heterocycles. The number of benzene rings is 1. The summed E-state index contributed by atoms with van der Waals surface area (Å²) in [5, 5.41) is 6.21. The maximum Gasteiger partial charge on any atom is 0.387 e. The van der Waals surface area contributed by atoms with Crippen molar-refractivity contribution in [3.05, 3.63) is 46.4 Å². The Morgan fingerprint density at radius 3 is 2.60 bits per heavy atom. The third-order valence-corrected chi connectivity index (χ3v) is 3.88. The van der Waals surface area contributed by atoms with Crippen LogP contribution in [-0.4, -0.2) is 11.6 Å². The van der Waals surface area contributed by atoms with E-state index in [0.717, 1.165) is 5.01 Å². The van der Waals surface area contributed by atoms with E-state index in [1.54, 1.807) is 41.8 Å². The summed E-state index contributed by atoms with van der Waals surface area (Å²) >= 11 is 1.56. The number of nitrogens with one attached hydrogen (secondary N) is 1. The Balaban J connectivity index is 2.10. The lowest BCUT2D eigenvalue weighted by Crippen LogP contribution is -2.23. The minimum absolute atomic E-state index is 0.0459. The SMILES string of the molecule is CC(NC(C)c1ccccc1OC(F)F)c1nccs1. The molecule has 1 aromatic heterocycles. The van der Waals surface area contributed by atoms with Crippen LogP contribution in [0.15, 0.2) is 35.8 Å². The second-order valence-corrected chi connectivity index (χ2v) is 5.32. The van der Waals surface area contributed by atoms with Crippen molar-refractivity contribution in [1.82, 2.24) is 10.3 Å². The van der Waals surface area contributed by atoms with Crippen molar-refractivity contribution in [2.75, 3.05) is 0 Å². The lowest BCUT2D eigenvalue weighted by Gasteiger charge is -2.21. The summed E-state index contributed by atoms with van der Waals surface area (Å²) in [4.78, 5) is 4.24. The monoisotopic (exact) mass is 298 g/mol. The average Bonchev–Trinajstić information content (AvgIpc) is 2.92. The zero-order chi connectivity index (χ0) is 14.5. The summed E-state index contributed by atoms with van der Waals surface area (Å²) in [5.74, 6) is 0.203. The summed E-state index contributed by atoms with van der Waals surface area (Å²) in [5.41, 5.74) is 0.705. The van der Waals surface area contributed by atoms with Crippen molar-refractivity contribution >= 4 is 11.3 Å². The van der Waals surface area contributed by atoms with Crippen LogP contribution in [0.3, 0.4) is 0 Å². The van der Waals surface area contributed by atoms with Crippen LogP contribution in [-0.2, 0) is 0 Å². The summed E-state index contributed by atoms with van der Waals surface area (Å²) in [7, 11) is 0. The molecular formula is C14H16F2N2OS. The molecule has 3 nitrogen and oxygen atoms in total. The highest BCUT2D eigenvalue weighted by Crippen LogP contribution is 2.28. The van der Waals surface area contributed by atoms with Gasteiger partial charge in [-0.1, -0.05) is 18.2 Å². The van der Waals surface area contributed by atoms with Crippen molar-refractivity contribution in [1.29, 1.82) is 0 Å². The average molecular weight is 298 g/mol. The molecule has 0 aliphatic rings. The molecule has 2 aromatic rings. The smallest absolute Gasteiger partial charge is 0.387 e. The molecule has 0 saturated carbocycles. The van der Waals surface area contributed by atoms with Gasteiger partial charge >= 0.3 is 6.61 Å². The number of alkyl halides is 2. The lowest BCUT2D eigenvalue weighted by molar-refractivity contribution is -0.0506. The minimum atomic E-state index is -2.82. The Hall–Kier alpha value is -1.53. The van der Waals surface area contributed by atoms with E-state index in [1.165, 1.54) is 0 Å². The maximum atomic E-state index is 12.4. The van der Waals surface area contributed by atoms with Crippen molar-refractivity contribution in [2.45, 2.75) is 32.5 Å². The van der Waals surface area contributed by atoms with E-state index in [2.05, 4.69) is 15.0 Å². The molecule has 6 heteroatoms. The van der Waals surface area contributed by atoms with Crippen molar-refractivity contribution in [3.63, 3.8) is 0 Å². The van der Waals surface area contributed by atoms with Gasteiger partial charge in [-0.25, -0.2) is 4.98 Å². The van der Waals surface area contributed by atoms with E-state index in [-0.39, 0.29) is 17.8 Å². The van der Waals surface area contributed by atoms with E-state index in [1.807, 2.05) is 19.2 Å². The van der Waals surface area contributed by atoms with Gasteiger partial charge in [-0.2, -0.15) is 8.78 Å². The molecule has 108 valence electrons. The summed E-state index contributed by atoms with van der Waals surface area (Å²) in [6.07, 6.45) is 1.75. The standard InChI is InChI=1S/C14H16F2N2OS/c1-9(18-10(2)13-17-7-8-20-13)11-5-3-4-6-12(11)19-14(15)16/h3-10,14,18H,1-2H3. The molecule has 1 aromatic carbocycles. The molecule has 2 unspecified atom stereocenters. The summed E-state index contributed by atoms with van der Waals surface area (Å²) in [6, 6.07) is 6.74. The van der Waals surface area contributed by atoms with E-state index in [0.29, 0.717) is 5.56 Å². The third-order valence-electron chi connectivity index (χ3n) is 2.92. The van der Waals surface area contributed by atoms with Crippen LogP contribution < -0.4 is 10.1 Å². The van der Waals surface area contributed by atoms with Crippen LogP contribution in [0.1, 0.15) is 36.5 Å². The predicted octanol–water partition coefficient (Wildman–Crippen LogP) is 4.16. The number of hydrogen-bond donors (Lipinski definition) is 1. The molecule has 0 fully saturated rings. The van der Waals surface area contributed by atoms with Crippen molar-refractivity contribution in [3.8, 4) is 5.75 Å². The number of hydrogen-bond acceptors (Lipinski definition) is 4. The minimum Gasteiger partial charge on any atom is -0.434 e. The fraction of sp³-hybridized carbons (Fsp3) is 0.357. The van der Waals surface area contributed by atoms with Gasteiger partial charge in [-0.15, -0.1) is 11.3 Å². The molecule has 0 radical (unpaired) electrons. The quantitative estimate of drug-likeness (QED) is 0.869. The number of para-hydroxylation sites is 1. The Labute approximate surface area is 120 Å². The van der Waals surface area contributed by atoms with Crippen LogP contribution in [0.2, 0.25) is 0 Å². The second kappa shape index (κ2) is 6.76. The van der Waals surface area contributed by atoms with Crippen LogP contribution in [0, 0.1) is 0 Å². The highest BCUT2D eigenvalue weighted by molar-refractivity contribution is 7.09. The third kappa shape index (κ3) is 3.74. The van der Waals surface area contributed by atoms with Gasteiger partial charge in [0, 0.05) is 23.2 Å². The van der Waals surface area contributed by atoms with Crippen molar-refractivity contribution < 1.29 is 13.5 Å². The second-order valence-electron chi connectivity index (χ2n) is 4.40. The van der Waals surface area contributed by atoms with Crippen LogP contribution in [0.25, 0.3) is 0 Å². The van der Waals surface area contributed by atoms with E-state index in [9.17, 15) is 8.78 Å². The molecule has 0 bridgehead atoms. The molecule has 0 spiro atoms. The van der Waals surface area contributed by atoms with Crippen molar-refractivity contribution in [2.24, 2.45) is 0 Å². The largest absolute Gasteiger partial charge is 0.434 e. The molecule has 0 aliphatic carbocycles. The lowest BCUT2D eigenvalue weighted by atomic mass is 10.1. The van der Waals surface area contributed by atoms with Gasteiger partial charge in [-0.05, 0) is 19.9 Å². The van der Waals surface area contributed by atoms with E-state index < -0.39 is 6.61 Å². The number of nitrogens with zero attached hydrogens (tertiary/aromatic N) is 1. The highest BCUT2D eigenvalue weighted by Gasteiger charge is 2.17. The normalized spacial score (nSPS) is 14.2. The summed E-state index contributed by atoms with van der Waals surface area (Å²) in [6.45, 7) is 1.09. The fourth-order valence-electron chi connectivity index (χ4n) is 2.03. The maximum absolute atomic E-state index is 12.4. The van der Waals surface area contributed by atoms with Gasteiger partial charge in [0.15, 0.2) is 0 Å². The number of ether oxygens (including phenoxy) is 1. The Bertz CT molecular complexity index is 534. The van der Waals surface area contributed by atoms with Gasteiger partial charge in [0.1, 0.15) is 10.8 Å². The van der Waals surface area contributed by atoms with Crippen LogP contribution >= 0.6 is 11.3 Å². The van der Waals surface area contributed by atoms with Gasteiger partial charge in [-0.3, -0.25) is 0 Å². The number of rotatable bonds is 6. The van der Waals surface area contributed by atoms with Gasteiger partial charge < -0.3 is 10.1 Å². The first-order valence-electron chi connectivity index (χ1n) is 6.27. The first-order chi connectivity index (χ1) is 9.58. The number of halogens is 2. The number of thiazole rings is 1. The van der Waals surface area contributed by atoms with E-state index in [4.69, 9.17) is 0 Å². The zero-order valence-electron chi connectivity index (χ0n) is 11.2. The molecule has 1 heterocycles. The Kier molecular flexibility index (Phi) is 5.03. The Morgan fingerprint density at radius 2 is 1.95 bits per heavy atom. The molecular weight excluding hydrogens is 282 g/mol. The number of aromatic nitrogens is 1. The van der Waals surface area contributed by atoms with Gasteiger partial charge in [0.05, 0.1) is 6.04 Å². The van der Waals surface area contributed by atoms with Crippen LogP contribution in [0.4, 0.5) is 8.78 Å². The Morgan fingerprint density at radius 1 is 1.20 bits per heavy atom. The molecule has 0 saturated heterocycles. The van der Waals surface area contributed by atoms with Gasteiger partial charge in [0.25, 0.3) is 0 Å². The summed E-state index contributed by atoms with van der Waals surface area (Å²) < 4.78 is 29.3. The molecule has 20 heavy (non-hydrogen) atoms. The fourth-order valence-corrected chi connectivity index (χ4v) is 2.68. The highest BCUT2D eigenvalue weighted by atomic mass is 32.1. The van der Waals surface area contributed by atoms with Gasteiger partial charge in [0.2, 0.25) is 0 Å². The van der Waals surface area contributed by atoms with E-state index >= 15 is 0 Å². The predicted molar refractivity (Wildman–Crippen MR) is 75.2 cm³/mol. The molecule has 2 rings (SSSR count). The first-order valence-corrected chi connectivity index (χ1v) is 7.15. The first kappa shape index (κ1) is 14.9. The molecule has 0 amide bonds. The topological polar surface area (TPSA) is 34.1 Å². The molecule has 1 N–H and O–H groups in total. The molecule has 2 atom stereocenters. The van der Waals surface area contributed by atoms with Crippen LogP contribution in [0.5, 0.6) is 5.75 Å².